The van der Waals surface area contributed by atoms with Gasteiger partial charge in [0, 0.05) is 0 Å². The average molecular weight is 281 g/mol. The van der Waals surface area contributed by atoms with Gasteiger partial charge in [-0.3, -0.25) is 9.59 Å². The monoisotopic (exact) mass is 281 g/mol. The molecule has 2 rings (SSSR count). The van der Waals surface area contributed by atoms with Crippen molar-refractivity contribution < 1.29 is 24.2 Å². The van der Waals surface area contributed by atoms with Crippen molar-refractivity contribution in [3.05, 3.63) is 12.2 Å². The summed E-state index contributed by atoms with van der Waals surface area (Å²) in [6.07, 6.45) is 4.46. The Labute approximate surface area is 117 Å². The minimum Gasteiger partial charge on any atom is -0.481 e. The van der Waals surface area contributed by atoms with Crippen molar-refractivity contribution in [1.29, 1.82) is 0 Å². The first-order valence-corrected chi connectivity index (χ1v) is 6.59. The van der Waals surface area contributed by atoms with Crippen molar-refractivity contribution in [3.63, 3.8) is 0 Å². The molecule has 2 aliphatic rings. The predicted molar refractivity (Wildman–Crippen MR) is 69.6 cm³/mol. The molecule has 2 aliphatic carbocycles. The Morgan fingerprint density at radius 1 is 1.20 bits per heavy atom. The van der Waals surface area contributed by atoms with Crippen LogP contribution in [0.1, 0.15) is 20.3 Å². The van der Waals surface area contributed by atoms with Gasteiger partial charge in [-0.1, -0.05) is 12.2 Å². The molecule has 0 aromatic rings. The molecule has 4 unspecified atom stereocenters. The van der Waals surface area contributed by atoms with Crippen LogP contribution in [-0.2, 0) is 19.1 Å². The minimum absolute atomic E-state index is 0.0606. The molecule has 0 heterocycles. The molecule has 0 aromatic heterocycles. The van der Waals surface area contributed by atoms with Crippen molar-refractivity contribution in [2.45, 2.75) is 25.8 Å². The van der Waals surface area contributed by atoms with Crippen LogP contribution in [0, 0.1) is 23.7 Å². The lowest BCUT2D eigenvalue weighted by Crippen LogP contribution is -2.54. The van der Waals surface area contributed by atoms with E-state index >= 15 is 0 Å². The van der Waals surface area contributed by atoms with Gasteiger partial charge in [0.1, 0.15) is 5.54 Å². The van der Waals surface area contributed by atoms with Gasteiger partial charge in [0.05, 0.1) is 18.9 Å². The van der Waals surface area contributed by atoms with E-state index < -0.39 is 35.2 Å². The van der Waals surface area contributed by atoms with Crippen molar-refractivity contribution in [2.75, 3.05) is 7.11 Å². The number of hydrogen-bond acceptors (Lipinski definition) is 4. The van der Waals surface area contributed by atoms with Crippen LogP contribution in [0.3, 0.4) is 0 Å². The largest absolute Gasteiger partial charge is 0.481 e. The predicted octanol–water partition coefficient (Wildman–Crippen LogP) is 0.577. The lowest BCUT2D eigenvalue weighted by atomic mass is 9.82. The van der Waals surface area contributed by atoms with Crippen LogP contribution in [-0.4, -0.2) is 35.6 Å². The number of carboxylic acids is 1. The van der Waals surface area contributed by atoms with Crippen LogP contribution in [0.15, 0.2) is 12.2 Å². The quantitative estimate of drug-likeness (QED) is 0.581. The number of carboxylic acid groups (broad SMARTS) is 1. The van der Waals surface area contributed by atoms with Crippen LogP contribution in [0.25, 0.3) is 0 Å². The number of rotatable bonds is 4. The highest BCUT2D eigenvalue weighted by Gasteiger charge is 2.52. The number of esters is 1. The van der Waals surface area contributed by atoms with Crippen LogP contribution < -0.4 is 5.32 Å². The molecule has 0 aliphatic heterocycles. The number of hydrogen-bond donors (Lipinski definition) is 2. The molecule has 20 heavy (non-hydrogen) atoms. The van der Waals surface area contributed by atoms with Gasteiger partial charge in [-0.15, -0.1) is 0 Å². The van der Waals surface area contributed by atoms with E-state index in [0.29, 0.717) is 6.42 Å². The molecule has 110 valence electrons. The minimum atomic E-state index is -1.17. The van der Waals surface area contributed by atoms with Crippen LogP contribution >= 0.6 is 0 Å². The van der Waals surface area contributed by atoms with E-state index in [-0.39, 0.29) is 11.8 Å². The molecule has 0 saturated heterocycles. The smallest absolute Gasteiger partial charge is 0.330 e. The van der Waals surface area contributed by atoms with E-state index in [1.807, 2.05) is 12.2 Å². The van der Waals surface area contributed by atoms with Crippen molar-refractivity contribution in [3.8, 4) is 0 Å². The molecule has 1 fully saturated rings. The number of aliphatic carboxylic acids is 1. The summed E-state index contributed by atoms with van der Waals surface area (Å²) in [5.74, 6) is -3.40. The lowest BCUT2D eigenvalue weighted by Gasteiger charge is -2.29. The van der Waals surface area contributed by atoms with Gasteiger partial charge in [0.15, 0.2) is 0 Å². The molecule has 2 bridgehead atoms. The molecule has 2 N–H and O–H groups in total. The molecule has 0 aromatic carbocycles. The number of nitrogens with one attached hydrogen (secondary N) is 1. The number of fused-ring (bicyclic) bond motifs is 2. The van der Waals surface area contributed by atoms with E-state index in [4.69, 9.17) is 0 Å². The second kappa shape index (κ2) is 4.92. The van der Waals surface area contributed by atoms with Gasteiger partial charge in [-0.25, -0.2) is 4.79 Å². The Morgan fingerprint density at radius 3 is 2.25 bits per heavy atom. The molecular formula is C14H19NO5. The maximum atomic E-state index is 12.4. The third-order valence-electron chi connectivity index (χ3n) is 4.18. The average Bonchev–Trinajstić information content (AvgIpc) is 2.96. The van der Waals surface area contributed by atoms with Gasteiger partial charge in [-0.2, -0.15) is 0 Å². The summed E-state index contributed by atoms with van der Waals surface area (Å²) < 4.78 is 4.63. The maximum absolute atomic E-state index is 12.4. The molecule has 1 amide bonds. The van der Waals surface area contributed by atoms with Gasteiger partial charge in [-0.05, 0) is 32.1 Å². The zero-order chi connectivity index (χ0) is 15.1. The fraction of sp³-hybridized carbons (Fsp3) is 0.643. The summed E-state index contributed by atoms with van der Waals surface area (Å²) >= 11 is 0. The maximum Gasteiger partial charge on any atom is 0.330 e. The number of amides is 1. The summed E-state index contributed by atoms with van der Waals surface area (Å²) in [6.45, 7) is 3.07. The van der Waals surface area contributed by atoms with E-state index in [0.717, 1.165) is 0 Å². The van der Waals surface area contributed by atoms with Gasteiger partial charge < -0.3 is 15.2 Å². The SMILES string of the molecule is COC(=O)C(C)(C)NC(=O)C1C2C=CC(C2)C1C(=O)O. The fourth-order valence-corrected chi connectivity index (χ4v) is 3.21. The lowest BCUT2D eigenvalue weighted by molar-refractivity contribution is -0.152. The zero-order valence-corrected chi connectivity index (χ0v) is 11.8. The highest BCUT2D eigenvalue weighted by Crippen LogP contribution is 2.48. The van der Waals surface area contributed by atoms with E-state index in [2.05, 4.69) is 10.1 Å². The Hall–Kier alpha value is -1.85. The first-order chi connectivity index (χ1) is 9.27. The van der Waals surface area contributed by atoms with Crippen LogP contribution in [0.5, 0.6) is 0 Å². The van der Waals surface area contributed by atoms with E-state index in [1.54, 1.807) is 0 Å². The molecule has 6 heteroatoms. The fourth-order valence-electron chi connectivity index (χ4n) is 3.21. The topological polar surface area (TPSA) is 92.7 Å². The highest BCUT2D eigenvalue weighted by atomic mass is 16.5. The number of ether oxygens (including phenoxy) is 1. The number of carbonyl (C=O) groups is 3. The number of methoxy groups -OCH3 is 1. The summed E-state index contributed by atoms with van der Waals surface area (Å²) in [4.78, 5) is 35.3. The highest BCUT2D eigenvalue weighted by molar-refractivity contribution is 5.91. The number of carbonyl (C=O) groups excluding carboxylic acids is 2. The summed E-state index contributed by atoms with van der Waals surface area (Å²) in [7, 11) is 1.25. The Kier molecular flexibility index (Phi) is 3.58. The second-order valence-corrected chi connectivity index (χ2v) is 5.94. The molecular weight excluding hydrogens is 262 g/mol. The molecule has 1 saturated carbocycles. The molecule has 0 spiro atoms. The van der Waals surface area contributed by atoms with Crippen molar-refractivity contribution in [1.82, 2.24) is 5.32 Å². The van der Waals surface area contributed by atoms with Gasteiger partial charge in [0.2, 0.25) is 5.91 Å². The molecule has 6 nitrogen and oxygen atoms in total. The molecule has 4 atom stereocenters. The van der Waals surface area contributed by atoms with Crippen molar-refractivity contribution in [2.24, 2.45) is 23.7 Å². The second-order valence-electron chi connectivity index (χ2n) is 5.94. The Morgan fingerprint density at radius 2 is 1.75 bits per heavy atom. The van der Waals surface area contributed by atoms with Gasteiger partial charge >= 0.3 is 11.9 Å². The van der Waals surface area contributed by atoms with Gasteiger partial charge in [0.25, 0.3) is 0 Å². The first-order valence-electron chi connectivity index (χ1n) is 6.59. The first kappa shape index (κ1) is 14.6. The third kappa shape index (κ3) is 2.30. The Balaban J connectivity index is 2.15. The van der Waals surface area contributed by atoms with Crippen LogP contribution in [0.2, 0.25) is 0 Å². The summed E-state index contributed by atoms with van der Waals surface area (Å²) in [5, 5.41) is 11.9. The third-order valence-corrected chi connectivity index (χ3v) is 4.18. The number of allylic oxidation sites excluding steroid dienone is 2. The normalized spacial score (nSPS) is 31.1. The standard InChI is InChI=1S/C14H19NO5/c1-14(2,13(19)20-3)15-11(16)9-7-4-5-8(6-7)10(9)12(17)18/h4-5,7-10H,6H2,1-3H3,(H,15,16)(H,17,18). The Bertz CT molecular complexity index is 482. The zero-order valence-electron chi connectivity index (χ0n) is 11.8. The van der Waals surface area contributed by atoms with E-state index in [1.165, 1.54) is 21.0 Å². The van der Waals surface area contributed by atoms with Crippen LogP contribution in [0.4, 0.5) is 0 Å². The summed E-state index contributed by atoms with van der Waals surface area (Å²) in [6, 6.07) is 0. The van der Waals surface area contributed by atoms with Crippen molar-refractivity contribution >= 4 is 17.8 Å². The molecule has 0 radical (unpaired) electrons. The van der Waals surface area contributed by atoms with E-state index in [9.17, 15) is 19.5 Å². The summed E-state index contributed by atoms with van der Waals surface area (Å²) in [5.41, 5.74) is -1.17.